The molecule has 2 aromatic carbocycles. The molecule has 2 aliphatic carbocycles. The van der Waals surface area contributed by atoms with Gasteiger partial charge >= 0.3 is 5.97 Å². The lowest BCUT2D eigenvalue weighted by molar-refractivity contribution is -0.137. The predicted octanol–water partition coefficient (Wildman–Crippen LogP) is 6.19. The van der Waals surface area contributed by atoms with Gasteiger partial charge in [-0.2, -0.15) is 0 Å². The van der Waals surface area contributed by atoms with Crippen LogP contribution in [0.15, 0.2) is 70.5 Å². The Labute approximate surface area is 206 Å². The molecule has 0 saturated heterocycles. The fourth-order valence-electron chi connectivity index (χ4n) is 5.43. The lowest BCUT2D eigenvalue weighted by atomic mass is 9.82. The molecule has 0 aromatic heterocycles. The van der Waals surface area contributed by atoms with Gasteiger partial charge in [0.05, 0.1) is 7.11 Å². The van der Waals surface area contributed by atoms with E-state index in [0.717, 1.165) is 28.4 Å². The van der Waals surface area contributed by atoms with E-state index in [2.05, 4.69) is 17.5 Å². The number of aliphatic carboxylic acids is 1. The van der Waals surface area contributed by atoms with Gasteiger partial charge in [-0.25, -0.2) is 0 Å². The van der Waals surface area contributed by atoms with Crippen LogP contribution in [0.3, 0.4) is 0 Å². The number of benzene rings is 2. The third kappa shape index (κ3) is 6.23. The summed E-state index contributed by atoms with van der Waals surface area (Å²) in [6.45, 7) is 0. The molecule has 1 amide bonds. The van der Waals surface area contributed by atoms with Gasteiger partial charge in [0.25, 0.3) is 5.91 Å². The summed E-state index contributed by atoms with van der Waals surface area (Å²) in [5, 5.41) is 12.1. The van der Waals surface area contributed by atoms with E-state index in [0.29, 0.717) is 29.7 Å². The maximum Gasteiger partial charge on any atom is 0.303 e. The number of ether oxygens (including phenoxy) is 1. The Bertz CT molecular complexity index is 1020. The van der Waals surface area contributed by atoms with E-state index in [1.54, 1.807) is 18.9 Å². The number of carboxylic acids is 1. The van der Waals surface area contributed by atoms with E-state index in [1.807, 2.05) is 48.5 Å². The SMILES string of the molecule is COc1ccc(Sc2cccc(C(=O)N[C@@H]3C4CC[C@@H](C4)[C@H]3C/C=C\CCCC(=O)O)c2)cc1. The number of carbonyl (C=O) groups excluding carboxylic acids is 1. The molecule has 180 valence electrons. The first kappa shape index (κ1) is 24.4. The molecule has 0 spiro atoms. The first-order valence-electron chi connectivity index (χ1n) is 12.1. The van der Waals surface area contributed by atoms with Gasteiger partial charge in [0, 0.05) is 27.8 Å². The van der Waals surface area contributed by atoms with Gasteiger partial charge in [-0.1, -0.05) is 30.0 Å². The Morgan fingerprint density at radius 3 is 2.65 bits per heavy atom. The Kier molecular flexibility index (Phi) is 8.33. The lowest BCUT2D eigenvalue weighted by Gasteiger charge is -2.31. The number of methoxy groups -OCH3 is 1. The standard InChI is InChI=1S/C28H33NO4S/c1-33-22-13-15-23(16-14-22)34-24-8-6-7-21(18-24)28(32)29-27-20-12-11-19(17-20)25(27)9-4-2-3-5-10-26(30)31/h2,4,6-8,13-16,18-20,25,27H,3,5,9-12,17H2,1H3,(H,29,32)(H,30,31)/b4-2-/t19-,20?,25+,27+/m0/s1. The van der Waals surface area contributed by atoms with Crippen molar-refractivity contribution in [1.82, 2.24) is 5.32 Å². The third-order valence-electron chi connectivity index (χ3n) is 7.11. The molecule has 6 heteroatoms. The van der Waals surface area contributed by atoms with E-state index in [1.165, 1.54) is 19.3 Å². The Morgan fingerprint density at radius 1 is 1.09 bits per heavy atom. The van der Waals surface area contributed by atoms with Gasteiger partial charge in [-0.05, 0) is 98.7 Å². The maximum absolute atomic E-state index is 13.2. The van der Waals surface area contributed by atoms with Gasteiger partial charge in [0.1, 0.15) is 5.75 Å². The van der Waals surface area contributed by atoms with Gasteiger partial charge in [0.15, 0.2) is 0 Å². The van der Waals surface area contributed by atoms with Crippen LogP contribution in [-0.2, 0) is 4.79 Å². The number of unbranched alkanes of at least 4 members (excludes halogenated alkanes) is 1. The van der Waals surface area contributed by atoms with Crippen molar-refractivity contribution in [3.05, 3.63) is 66.2 Å². The molecule has 5 nitrogen and oxygen atoms in total. The van der Waals surface area contributed by atoms with Crippen LogP contribution < -0.4 is 10.1 Å². The van der Waals surface area contributed by atoms with E-state index < -0.39 is 5.97 Å². The third-order valence-corrected chi connectivity index (χ3v) is 8.11. The summed E-state index contributed by atoms with van der Waals surface area (Å²) in [4.78, 5) is 26.0. The normalized spacial score (nSPS) is 23.3. The minimum atomic E-state index is -0.740. The molecule has 4 rings (SSSR count). The van der Waals surface area contributed by atoms with Crippen LogP contribution in [0, 0.1) is 17.8 Å². The minimum absolute atomic E-state index is 0.00479. The Morgan fingerprint density at radius 2 is 1.88 bits per heavy atom. The molecule has 2 aliphatic rings. The molecule has 0 aliphatic heterocycles. The highest BCUT2D eigenvalue weighted by molar-refractivity contribution is 7.99. The minimum Gasteiger partial charge on any atom is -0.497 e. The number of fused-ring (bicyclic) bond motifs is 2. The van der Waals surface area contributed by atoms with Crippen LogP contribution in [0.4, 0.5) is 0 Å². The van der Waals surface area contributed by atoms with Crippen molar-refractivity contribution in [2.45, 2.75) is 60.8 Å². The second-order valence-corrected chi connectivity index (χ2v) is 10.4. The van der Waals surface area contributed by atoms with Crippen molar-refractivity contribution >= 4 is 23.6 Å². The van der Waals surface area contributed by atoms with E-state index in [-0.39, 0.29) is 18.4 Å². The zero-order chi connectivity index (χ0) is 23.9. The van der Waals surface area contributed by atoms with E-state index >= 15 is 0 Å². The van der Waals surface area contributed by atoms with Crippen LogP contribution >= 0.6 is 11.8 Å². The summed E-state index contributed by atoms with van der Waals surface area (Å²) in [5.41, 5.74) is 0.698. The van der Waals surface area contributed by atoms with Crippen molar-refractivity contribution in [3.8, 4) is 5.75 Å². The van der Waals surface area contributed by atoms with Crippen molar-refractivity contribution in [1.29, 1.82) is 0 Å². The average molecular weight is 480 g/mol. The number of nitrogens with one attached hydrogen (secondary N) is 1. The zero-order valence-corrected chi connectivity index (χ0v) is 20.4. The molecule has 1 unspecified atom stereocenters. The van der Waals surface area contributed by atoms with Gasteiger partial charge in [0.2, 0.25) is 0 Å². The second kappa shape index (κ2) is 11.6. The average Bonchev–Trinajstić information content (AvgIpc) is 3.44. The zero-order valence-electron chi connectivity index (χ0n) is 19.6. The van der Waals surface area contributed by atoms with Crippen molar-refractivity contribution in [2.75, 3.05) is 7.11 Å². The number of rotatable bonds is 11. The fourth-order valence-corrected chi connectivity index (χ4v) is 6.31. The number of hydrogen-bond donors (Lipinski definition) is 2. The lowest BCUT2D eigenvalue weighted by Crippen LogP contribution is -2.43. The molecule has 2 fully saturated rings. The Hall–Kier alpha value is -2.73. The van der Waals surface area contributed by atoms with E-state index in [4.69, 9.17) is 9.84 Å². The van der Waals surface area contributed by atoms with Crippen molar-refractivity contribution in [2.24, 2.45) is 17.8 Å². The second-order valence-electron chi connectivity index (χ2n) is 9.29. The number of carbonyl (C=O) groups is 2. The molecule has 0 heterocycles. The quantitative estimate of drug-likeness (QED) is 0.297. The highest BCUT2D eigenvalue weighted by Gasteiger charge is 2.47. The number of hydrogen-bond acceptors (Lipinski definition) is 4. The molecule has 2 saturated carbocycles. The Balaban J connectivity index is 1.35. The molecule has 34 heavy (non-hydrogen) atoms. The summed E-state index contributed by atoms with van der Waals surface area (Å²) < 4.78 is 5.23. The monoisotopic (exact) mass is 479 g/mol. The summed E-state index contributed by atoms with van der Waals surface area (Å²) in [6.07, 6.45) is 10.6. The maximum atomic E-state index is 13.2. The summed E-state index contributed by atoms with van der Waals surface area (Å²) in [7, 11) is 1.66. The van der Waals surface area contributed by atoms with Gasteiger partial charge in [-0.15, -0.1) is 0 Å². The molecular weight excluding hydrogens is 446 g/mol. The van der Waals surface area contributed by atoms with Crippen LogP contribution in [0.1, 0.15) is 55.3 Å². The van der Waals surface area contributed by atoms with Gasteiger partial charge < -0.3 is 15.2 Å². The molecule has 2 aromatic rings. The van der Waals surface area contributed by atoms with Gasteiger partial charge in [-0.3, -0.25) is 9.59 Å². The molecule has 4 atom stereocenters. The molecular formula is C28H33NO4S. The smallest absolute Gasteiger partial charge is 0.303 e. The van der Waals surface area contributed by atoms with Crippen LogP contribution in [0.2, 0.25) is 0 Å². The molecule has 2 N–H and O–H groups in total. The predicted molar refractivity (Wildman–Crippen MR) is 134 cm³/mol. The molecule has 0 radical (unpaired) electrons. The summed E-state index contributed by atoms with van der Waals surface area (Å²) in [5.74, 6) is 1.80. The van der Waals surface area contributed by atoms with Crippen LogP contribution in [-0.4, -0.2) is 30.1 Å². The van der Waals surface area contributed by atoms with Crippen LogP contribution in [0.5, 0.6) is 5.75 Å². The fraction of sp³-hybridized carbons (Fsp3) is 0.429. The molecule has 2 bridgehead atoms. The largest absolute Gasteiger partial charge is 0.497 e. The first-order valence-corrected chi connectivity index (χ1v) is 12.9. The number of amides is 1. The number of carboxylic acid groups (broad SMARTS) is 1. The van der Waals surface area contributed by atoms with Crippen molar-refractivity contribution in [3.63, 3.8) is 0 Å². The van der Waals surface area contributed by atoms with Crippen molar-refractivity contribution < 1.29 is 19.4 Å². The highest BCUT2D eigenvalue weighted by atomic mass is 32.2. The van der Waals surface area contributed by atoms with Crippen LogP contribution in [0.25, 0.3) is 0 Å². The highest BCUT2D eigenvalue weighted by Crippen LogP contribution is 2.50. The van der Waals surface area contributed by atoms with E-state index in [9.17, 15) is 9.59 Å². The summed E-state index contributed by atoms with van der Waals surface area (Å²) in [6, 6.07) is 16.0. The topological polar surface area (TPSA) is 75.6 Å². The summed E-state index contributed by atoms with van der Waals surface area (Å²) >= 11 is 1.63. The number of allylic oxidation sites excluding steroid dienone is 2. The first-order chi connectivity index (χ1) is 16.5.